The van der Waals surface area contributed by atoms with Crippen molar-refractivity contribution < 1.29 is 23.8 Å². The van der Waals surface area contributed by atoms with E-state index in [0.29, 0.717) is 41.3 Å². The Morgan fingerprint density at radius 3 is 2.97 bits per heavy atom. The lowest BCUT2D eigenvalue weighted by Gasteiger charge is -2.15. The van der Waals surface area contributed by atoms with Crippen molar-refractivity contribution in [1.29, 1.82) is 5.26 Å². The highest BCUT2D eigenvalue weighted by atomic mass is 35.5. The summed E-state index contributed by atoms with van der Waals surface area (Å²) in [6, 6.07) is 9.37. The molecule has 2 aromatic heterocycles. The number of ether oxygens (including phenoxy) is 2. The van der Waals surface area contributed by atoms with E-state index in [0.717, 1.165) is 5.56 Å². The predicted octanol–water partition coefficient (Wildman–Crippen LogP) is 2.79. The molecule has 4 rings (SSSR count). The van der Waals surface area contributed by atoms with Crippen LogP contribution in [-0.2, 0) is 20.6 Å². The number of nitrogens with zero attached hydrogens (tertiary/aromatic N) is 5. The van der Waals surface area contributed by atoms with Crippen molar-refractivity contribution in [2.45, 2.75) is 31.7 Å². The lowest BCUT2D eigenvalue weighted by atomic mass is 10.2. The average Bonchev–Trinajstić information content (AvgIpc) is 3.37. The smallest absolute Gasteiger partial charge is 0.350 e. The molecule has 0 radical (unpaired) electrons. The molecular formula is C19H20ClN6O5P. The van der Waals surface area contributed by atoms with Crippen molar-refractivity contribution in [2.75, 3.05) is 18.3 Å². The van der Waals surface area contributed by atoms with Crippen LogP contribution in [0.4, 0.5) is 5.82 Å². The molecule has 1 aliphatic rings. The normalized spacial score (nSPS) is 18.7. The zero-order valence-electron chi connectivity index (χ0n) is 16.8. The molecule has 0 unspecified atom stereocenters. The molecule has 3 aromatic rings. The maximum absolute atomic E-state index is 10.9. The van der Waals surface area contributed by atoms with Gasteiger partial charge in [-0.05, 0) is 30.5 Å². The van der Waals surface area contributed by atoms with Gasteiger partial charge in [-0.25, -0.2) is 9.67 Å². The molecule has 3 N–H and O–H groups in total. The van der Waals surface area contributed by atoms with E-state index in [-0.39, 0.29) is 18.5 Å². The summed E-state index contributed by atoms with van der Waals surface area (Å²) < 4.78 is 23.5. The Hall–Kier alpha value is -2.58. The summed E-state index contributed by atoms with van der Waals surface area (Å²) >= 11 is 6.04. The molecule has 2 atom stereocenters. The average molecular weight is 479 g/mol. The Bertz CT molecular complexity index is 1210. The van der Waals surface area contributed by atoms with Crippen molar-refractivity contribution in [3.63, 3.8) is 0 Å². The molecule has 3 heterocycles. The van der Waals surface area contributed by atoms with Gasteiger partial charge in [-0.1, -0.05) is 23.7 Å². The van der Waals surface area contributed by atoms with E-state index in [1.165, 1.54) is 0 Å². The summed E-state index contributed by atoms with van der Waals surface area (Å²) in [6.07, 6.45) is 1.42. The van der Waals surface area contributed by atoms with Crippen LogP contribution in [0, 0.1) is 11.3 Å². The molecule has 1 fully saturated rings. The number of aromatic nitrogens is 4. The lowest BCUT2D eigenvalue weighted by molar-refractivity contribution is -0.0391. The predicted molar refractivity (Wildman–Crippen MR) is 115 cm³/mol. The fourth-order valence-electron chi connectivity index (χ4n) is 3.45. The van der Waals surface area contributed by atoms with Crippen LogP contribution in [0.2, 0.25) is 5.02 Å². The summed E-state index contributed by atoms with van der Waals surface area (Å²) in [4.78, 5) is 26.4. The minimum Gasteiger partial charge on any atom is -0.366 e. The Morgan fingerprint density at radius 1 is 1.38 bits per heavy atom. The standard InChI is InChI=1S/C19H20ClN6O5P/c20-13-3-1-2-12(6-13)8-22-18-15-9-23-26(19(15)25-16(7-21)24-18)17-5-4-14(31-17)10-30-11-32(27,28)29/h1-3,6,9,14,17H,4-5,8,10-11H2,(H,22,24,25)(H2,27,28,29)/t14-,17+/m0/s1. The number of hydrogen-bond acceptors (Lipinski definition) is 8. The molecular weight excluding hydrogens is 459 g/mol. The Morgan fingerprint density at radius 2 is 2.22 bits per heavy atom. The zero-order valence-corrected chi connectivity index (χ0v) is 18.4. The second-order valence-corrected chi connectivity index (χ2v) is 9.30. The van der Waals surface area contributed by atoms with Crippen LogP contribution >= 0.6 is 19.2 Å². The number of nitriles is 1. The first kappa shape index (κ1) is 22.6. The molecule has 11 nitrogen and oxygen atoms in total. The molecule has 0 amide bonds. The van der Waals surface area contributed by atoms with E-state index in [2.05, 4.69) is 20.4 Å². The molecule has 0 spiro atoms. The van der Waals surface area contributed by atoms with Gasteiger partial charge < -0.3 is 24.6 Å². The quantitative estimate of drug-likeness (QED) is 0.411. The Labute approximate surface area is 188 Å². The van der Waals surface area contributed by atoms with Crippen LogP contribution in [0.15, 0.2) is 30.5 Å². The summed E-state index contributed by atoms with van der Waals surface area (Å²) in [5, 5.41) is 18.2. The van der Waals surface area contributed by atoms with Crippen LogP contribution in [0.3, 0.4) is 0 Å². The van der Waals surface area contributed by atoms with Gasteiger partial charge in [0.25, 0.3) is 0 Å². The first-order chi connectivity index (χ1) is 15.3. The molecule has 32 heavy (non-hydrogen) atoms. The number of hydrogen-bond donors (Lipinski definition) is 3. The third kappa shape index (κ3) is 5.42. The van der Waals surface area contributed by atoms with Crippen LogP contribution in [0.25, 0.3) is 11.0 Å². The van der Waals surface area contributed by atoms with Gasteiger partial charge in [0, 0.05) is 11.6 Å². The van der Waals surface area contributed by atoms with E-state index in [9.17, 15) is 9.83 Å². The van der Waals surface area contributed by atoms with Crippen LogP contribution in [0.1, 0.15) is 30.5 Å². The highest BCUT2D eigenvalue weighted by molar-refractivity contribution is 7.51. The van der Waals surface area contributed by atoms with E-state index in [4.69, 9.17) is 30.9 Å². The minimum absolute atomic E-state index is 0.00707. The van der Waals surface area contributed by atoms with Crippen molar-refractivity contribution in [2.24, 2.45) is 0 Å². The second-order valence-electron chi connectivity index (χ2n) is 7.27. The van der Waals surface area contributed by atoms with Gasteiger partial charge >= 0.3 is 7.60 Å². The number of rotatable bonds is 8. The largest absolute Gasteiger partial charge is 0.366 e. The summed E-state index contributed by atoms with van der Waals surface area (Å²) in [6.45, 7) is 0.507. The fourth-order valence-corrected chi connectivity index (χ4v) is 4.00. The summed E-state index contributed by atoms with van der Waals surface area (Å²) in [5.74, 6) is 0.463. The number of halogens is 1. The van der Waals surface area contributed by atoms with E-state index >= 15 is 0 Å². The number of anilines is 1. The van der Waals surface area contributed by atoms with Crippen LogP contribution < -0.4 is 5.32 Å². The number of fused-ring (bicyclic) bond motifs is 1. The molecule has 0 aliphatic carbocycles. The third-order valence-electron chi connectivity index (χ3n) is 4.82. The van der Waals surface area contributed by atoms with Crippen molar-refractivity contribution in [3.05, 3.63) is 46.9 Å². The van der Waals surface area contributed by atoms with Gasteiger partial charge in [0.15, 0.2) is 11.9 Å². The maximum Gasteiger partial charge on any atom is 0.350 e. The van der Waals surface area contributed by atoms with Gasteiger partial charge in [-0.3, -0.25) is 4.57 Å². The fraction of sp³-hybridized carbons (Fsp3) is 0.368. The second kappa shape index (κ2) is 9.50. The monoisotopic (exact) mass is 478 g/mol. The minimum atomic E-state index is -4.22. The van der Waals surface area contributed by atoms with Gasteiger partial charge in [-0.15, -0.1) is 0 Å². The molecule has 13 heteroatoms. The molecule has 0 bridgehead atoms. The molecule has 1 aromatic carbocycles. The van der Waals surface area contributed by atoms with Gasteiger partial charge in [-0.2, -0.15) is 15.3 Å². The zero-order chi connectivity index (χ0) is 22.7. The van der Waals surface area contributed by atoms with Crippen molar-refractivity contribution in [1.82, 2.24) is 19.7 Å². The topological polar surface area (TPSA) is 155 Å². The first-order valence-electron chi connectivity index (χ1n) is 9.74. The SMILES string of the molecule is N#Cc1nc(NCc2cccc(Cl)c2)c2cnn([C@H]3CC[C@@H](COCP(=O)(O)O)O3)c2n1. The Balaban J connectivity index is 1.51. The maximum atomic E-state index is 10.9. The highest BCUT2D eigenvalue weighted by Crippen LogP contribution is 2.35. The van der Waals surface area contributed by atoms with Gasteiger partial charge in [0.05, 0.1) is 24.3 Å². The molecule has 1 aliphatic heterocycles. The molecule has 0 saturated carbocycles. The van der Waals surface area contributed by atoms with E-state index < -0.39 is 20.2 Å². The van der Waals surface area contributed by atoms with Crippen molar-refractivity contribution in [3.8, 4) is 6.07 Å². The van der Waals surface area contributed by atoms with Gasteiger partial charge in [0.2, 0.25) is 5.82 Å². The number of nitrogens with one attached hydrogen (secondary N) is 1. The molecule has 1 saturated heterocycles. The van der Waals surface area contributed by atoms with Crippen LogP contribution in [-0.4, -0.2) is 48.6 Å². The Kier molecular flexibility index (Phi) is 6.71. The van der Waals surface area contributed by atoms with E-state index in [1.807, 2.05) is 24.3 Å². The highest BCUT2D eigenvalue weighted by Gasteiger charge is 2.30. The van der Waals surface area contributed by atoms with E-state index in [1.54, 1.807) is 16.9 Å². The van der Waals surface area contributed by atoms with Crippen LogP contribution in [0.5, 0.6) is 0 Å². The van der Waals surface area contributed by atoms with Gasteiger partial charge in [0.1, 0.15) is 18.2 Å². The lowest BCUT2D eigenvalue weighted by Crippen LogP contribution is -2.18. The molecule has 168 valence electrons. The van der Waals surface area contributed by atoms with Crippen molar-refractivity contribution >= 4 is 36.0 Å². The third-order valence-corrected chi connectivity index (χ3v) is 5.58. The first-order valence-corrected chi connectivity index (χ1v) is 11.9. The number of benzene rings is 1. The summed E-state index contributed by atoms with van der Waals surface area (Å²) in [5.41, 5.74) is 1.40. The summed E-state index contributed by atoms with van der Waals surface area (Å²) in [7, 11) is -4.22.